The lowest BCUT2D eigenvalue weighted by atomic mass is 10.1. The van der Waals surface area contributed by atoms with Crippen LogP contribution in [0.4, 0.5) is 11.4 Å². The molecule has 0 fully saturated rings. The summed E-state index contributed by atoms with van der Waals surface area (Å²) in [5.74, 6) is 1.73. The van der Waals surface area contributed by atoms with Gasteiger partial charge in [0.2, 0.25) is 0 Å². The first-order chi connectivity index (χ1) is 8.79. The molecular formula is C14H20N2O2. The van der Waals surface area contributed by atoms with Crippen LogP contribution in [0, 0.1) is 0 Å². The smallest absolute Gasteiger partial charge is 0.163 e. The highest BCUT2D eigenvalue weighted by atomic mass is 16.6. The van der Waals surface area contributed by atoms with Crippen LogP contribution < -0.4 is 19.7 Å². The Bertz CT molecular complexity index is 448. The summed E-state index contributed by atoms with van der Waals surface area (Å²) in [7, 11) is 0. The van der Waals surface area contributed by atoms with Crippen molar-refractivity contribution in [3.8, 4) is 11.5 Å². The molecule has 0 spiro atoms. The van der Waals surface area contributed by atoms with Crippen LogP contribution in [0.25, 0.3) is 0 Å². The van der Waals surface area contributed by atoms with Crippen LogP contribution in [0.3, 0.4) is 0 Å². The van der Waals surface area contributed by atoms with Crippen molar-refractivity contribution in [2.24, 2.45) is 0 Å². The molecule has 3 rings (SSSR count). The molecule has 0 aliphatic carbocycles. The molecule has 2 heterocycles. The number of benzene rings is 1. The Labute approximate surface area is 108 Å². The van der Waals surface area contributed by atoms with E-state index >= 15 is 0 Å². The molecule has 2 aliphatic rings. The van der Waals surface area contributed by atoms with Gasteiger partial charge in [-0.1, -0.05) is 6.92 Å². The number of rotatable bonds is 2. The summed E-state index contributed by atoms with van der Waals surface area (Å²) in [6, 6.07) is 4.69. The van der Waals surface area contributed by atoms with Crippen LogP contribution in [-0.4, -0.2) is 32.3 Å². The van der Waals surface area contributed by atoms with Crippen LogP contribution in [0.1, 0.15) is 20.3 Å². The van der Waals surface area contributed by atoms with Crippen molar-refractivity contribution in [2.45, 2.75) is 26.3 Å². The van der Waals surface area contributed by atoms with Gasteiger partial charge in [0.15, 0.2) is 11.5 Å². The number of anilines is 2. The third kappa shape index (κ3) is 1.85. The van der Waals surface area contributed by atoms with Gasteiger partial charge in [-0.2, -0.15) is 0 Å². The summed E-state index contributed by atoms with van der Waals surface area (Å²) in [4.78, 5) is 2.45. The van der Waals surface area contributed by atoms with E-state index in [4.69, 9.17) is 9.47 Å². The highest BCUT2D eigenvalue weighted by Crippen LogP contribution is 2.42. The van der Waals surface area contributed by atoms with Crippen molar-refractivity contribution in [3.05, 3.63) is 12.1 Å². The molecule has 0 radical (unpaired) electrons. The maximum Gasteiger partial charge on any atom is 0.163 e. The molecule has 98 valence electrons. The highest BCUT2D eigenvalue weighted by Gasteiger charge is 2.25. The van der Waals surface area contributed by atoms with E-state index in [2.05, 4.69) is 36.2 Å². The SMILES string of the molecule is CCCN1c2cc3c(cc2NCC1C)OCCO3. The minimum absolute atomic E-state index is 0.514. The lowest BCUT2D eigenvalue weighted by Crippen LogP contribution is -2.42. The monoisotopic (exact) mass is 248 g/mol. The summed E-state index contributed by atoms with van der Waals surface area (Å²) >= 11 is 0. The Morgan fingerprint density at radius 2 is 2.00 bits per heavy atom. The molecular weight excluding hydrogens is 228 g/mol. The molecule has 0 aromatic heterocycles. The van der Waals surface area contributed by atoms with E-state index in [-0.39, 0.29) is 0 Å². The molecule has 4 heteroatoms. The molecule has 1 atom stereocenters. The number of hydrogen-bond acceptors (Lipinski definition) is 4. The van der Waals surface area contributed by atoms with Crippen LogP contribution in [-0.2, 0) is 0 Å². The summed E-state index contributed by atoms with van der Waals surface area (Å²) in [5.41, 5.74) is 2.39. The predicted octanol–water partition coefficient (Wildman–Crippen LogP) is 2.49. The maximum absolute atomic E-state index is 5.67. The fraction of sp³-hybridized carbons (Fsp3) is 0.571. The van der Waals surface area contributed by atoms with Crippen molar-refractivity contribution in [1.29, 1.82) is 0 Å². The van der Waals surface area contributed by atoms with Gasteiger partial charge < -0.3 is 19.7 Å². The summed E-state index contributed by atoms with van der Waals surface area (Å²) in [5, 5.41) is 3.47. The van der Waals surface area contributed by atoms with Crippen LogP contribution >= 0.6 is 0 Å². The van der Waals surface area contributed by atoms with E-state index in [1.54, 1.807) is 0 Å². The Balaban J connectivity index is 2.01. The van der Waals surface area contributed by atoms with E-state index in [0.717, 1.165) is 36.7 Å². The number of hydrogen-bond donors (Lipinski definition) is 1. The second kappa shape index (κ2) is 4.59. The predicted molar refractivity (Wildman–Crippen MR) is 73.0 cm³/mol. The zero-order chi connectivity index (χ0) is 12.5. The third-order valence-electron chi connectivity index (χ3n) is 3.55. The average molecular weight is 248 g/mol. The molecule has 0 bridgehead atoms. The molecule has 1 aromatic rings. The molecule has 0 saturated heterocycles. The fourth-order valence-corrected chi connectivity index (χ4v) is 2.64. The maximum atomic E-state index is 5.67. The molecule has 0 amide bonds. The normalized spacial score (nSPS) is 21.2. The molecule has 0 saturated carbocycles. The molecule has 1 unspecified atom stereocenters. The van der Waals surface area contributed by atoms with Gasteiger partial charge in [0.1, 0.15) is 13.2 Å². The average Bonchev–Trinajstić information content (AvgIpc) is 2.40. The van der Waals surface area contributed by atoms with E-state index in [1.165, 1.54) is 5.69 Å². The second-order valence-corrected chi connectivity index (χ2v) is 4.94. The Morgan fingerprint density at radius 3 is 2.72 bits per heavy atom. The Kier molecular flexibility index (Phi) is 2.94. The third-order valence-corrected chi connectivity index (χ3v) is 3.55. The zero-order valence-corrected chi connectivity index (χ0v) is 11.0. The quantitative estimate of drug-likeness (QED) is 0.872. The zero-order valence-electron chi connectivity index (χ0n) is 11.0. The van der Waals surface area contributed by atoms with Gasteiger partial charge in [-0.05, 0) is 13.3 Å². The van der Waals surface area contributed by atoms with Gasteiger partial charge in [0.25, 0.3) is 0 Å². The largest absolute Gasteiger partial charge is 0.486 e. The molecule has 1 aromatic carbocycles. The van der Waals surface area contributed by atoms with Gasteiger partial charge in [-0.15, -0.1) is 0 Å². The molecule has 2 aliphatic heterocycles. The first kappa shape index (κ1) is 11.5. The number of ether oxygens (including phenoxy) is 2. The van der Waals surface area contributed by atoms with Gasteiger partial charge in [0, 0.05) is 31.3 Å². The summed E-state index contributed by atoms with van der Waals surface area (Å²) < 4.78 is 11.3. The van der Waals surface area contributed by atoms with Gasteiger partial charge in [0.05, 0.1) is 11.4 Å². The van der Waals surface area contributed by atoms with E-state index in [9.17, 15) is 0 Å². The van der Waals surface area contributed by atoms with E-state index < -0.39 is 0 Å². The van der Waals surface area contributed by atoms with Crippen molar-refractivity contribution in [1.82, 2.24) is 0 Å². The highest BCUT2D eigenvalue weighted by molar-refractivity contribution is 5.77. The number of nitrogens with one attached hydrogen (secondary N) is 1. The molecule has 1 N–H and O–H groups in total. The molecule has 18 heavy (non-hydrogen) atoms. The minimum Gasteiger partial charge on any atom is -0.486 e. The lowest BCUT2D eigenvalue weighted by molar-refractivity contribution is 0.171. The van der Waals surface area contributed by atoms with Crippen molar-refractivity contribution in [3.63, 3.8) is 0 Å². The number of nitrogens with zero attached hydrogens (tertiary/aromatic N) is 1. The van der Waals surface area contributed by atoms with Crippen LogP contribution in [0.15, 0.2) is 12.1 Å². The first-order valence-corrected chi connectivity index (χ1v) is 6.73. The van der Waals surface area contributed by atoms with E-state index in [0.29, 0.717) is 19.3 Å². The van der Waals surface area contributed by atoms with Gasteiger partial charge >= 0.3 is 0 Å². The van der Waals surface area contributed by atoms with Gasteiger partial charge in [-0.25, -0.2) is 0 Å². The van der Waals surface area contributed by atoms with Crippen molar-refractivity contribution >= 4 is 11.4 Å². The summed E-state index contributed by atoms with van der Waals surface area (Å²) in [6.45, 7) is 7.81. The second-order valence-electron chi connectivity index (χ2n) is 4.94. The Hall–Kier alpha value is -1.58. The summed E-state index contributed by atoms with van der Waals surface area (Å²) in [6.07, 6.45) is 1.15. The van der Waals surface area contributed by atoms with Crippen LogP contribution in [0.2, 0.25) is 0 Å². The minimum atomic E-state index is 0.514. The standard InChI is InChI=1S/C14H20N2O2/c1-3-4-16-10(2)9-15-11-7-13-14(8-12(11)16)18-6-5-17-13/h7-8,10,15H,3-6,9H2,1-2H3. The van der Waals surface area contributed by atoms with E-state index in [1.807, 2.05) is 0 Å². The topological polar surface area (TPSA) is 33.7 Å². The van der Waals surface area contributed by atoms with Crippen LogP contribution in [0.5, 0.6) is 11.5 Å². The fourth-order valence-electron chi connectivity index (χ4n) is 2.64. The van der Waals surface area contributed by atoms with Crippen molar-refractivity contribution in [2.75, 3.05) is 36.5 Å². The number of fused-ring (bicyclic) bond motifs is 2. The Morgan fingerprint density at radius 1 is 1.28 bits per heavy atom. The van der Waals surface area contributed by atoms with Crippen molar-refractivity contribution < 1.29 is 9.47 Å². The molecule has 4 nitrogen and oxygen atoms in total. The first-order valence-electron chi connectivity index (χ1n) is 6.73. The lowest BCUT2D eigenvalue weighted by Gasteiger charge is -2.38. The van der Waals surface area contributed by atoms with Gasteiger partial charge in [-0.3, -0.25) is 0 Å².